The summed E-state index contributed by atoms with van der Waals surface area (Å²) in [5.74, 6) is 1.71. The van der Waals surface area contributed by atoms with Gasteiger partial charge in [0.1, 0.15) is 25.0 Å². The van der Waals surface area contributed by atoms with Crippen molar-refractivity contribution in [3.8, 4) is 11.5 Å². The summed E-state index contributed by atoms with van der Waals surface area (Å²) >= 11 is 0. The van der Waals surface area contributed by atoms with Crippen LogP contribution in [0.25, 0.3) is 0 Å². The van der Waals surface area contributed by atoms with Crippen LogP contribution in [0.2, 0.25) is 6.04 Å². The van der Waals surface area contributed by atoms with Gasteiger partial charge >= 0.3 is 8.80 Å². The molecule has 0 amide bonds. The highest BCUT2D eigenvalue weighted by Crippen LogP contribution is 2.36. The van der Waals surface area contributed by atoms with Crippen molar-refractivity contribution in [3.63, 3.8) is 0 Å². The second-order valence-corrected chi connectivity index (χ2v) is 55.9. The lowest BCUT2D eigenvalue weighted by Gasteiger charge is -2.52. The number of rotatable bonds is 14. The van der Waals surface area contributed by atoms with Crippen molar-refractivity contribution in [2.75, 3.05) is 34.0 Å². The molecule has 0 saturated carbocycles. The highest BCUT2D eigenvalue weighted by atomic mass is 30.4. The van der Waals surface area contributed by atoms with E-state index in [1.54, 1.807) is 14.2 Å². The third kappa shape index (κ3) is 6.62. The van der Waals surface area contributed by atoms with E-state index in [1.165, 1.54) is 0 Å². The third-order valence-electron chi connectivity index (χ3n) is 5.20. The van der Waals surface area contributed by atoms with Crippen molar-refractivity contribution < 1.29 is 22.8 Å². The molecule has 0 spiro atoms. The lowest BCUT2D eigenvalue weighted by atomic mass is 10.0. The predicted octanol–water partition coefficient (Wildman–Crippen LogP) is 0.557. The topological polar surface area (TPSA) is 46.2 Å². The second kappa shape index (κ2) is 12.9. The van der Waals surface area contributed by atoms with E-state index in [4.69, 9.17) is 22.8 Å². The first kappa shape index (κ1) is 29.7. The van der Waals surface area contributed by atoms with Gasteiger partial charge < -0.3 is 22.8 Å². The summed E-state index contributed by atoms with van der Waals surface area (Å²) < 4.78 is 30.4. The zero-order chi connectivity index (χ0) is 23.9. The molecule has 0 N–H and O–H groups in total. The van der Waals surface area contributed by atoms with Gasteiger partial charge in [-0.15, -0.1) is 0 Å². The van der Waals surface area contributed by atoms with Crippen molar-refractivity contribution in [2.45, 2.75) is 40.2 Å². The summed E-state index contributed by atoms with van der Waals surface area (Å²) in [6.07, 6.45) is -1.56. The minimum Gasteiger partial charge on any atom is -0.496 e. The van der Waals surface area contributed by atoms with E-state index < -0.39 is 28.4 Å². The molecule has 16 radical (unpaired) electrons. The first-order chi connectivity index (χ1) is 14.5. The molecule has 1 rings (SSSR count). The van der Waals surface area contributed by atoms with Gasteiger partial charge in [-0.3, -0.25) is 0 Å². The summed E-state index contributed by atoms with van der Waals surface area (Å²) in [4.78, 5) is 0. The van der Waals surface area contributed by atoms with Gasteiger partial charge in [-0.25, -0.2) is 0 Å². The molecule has 1 aromatic rings. The van der Waals surface area contributed by atoms with Gasteiger partial charge in [-0.05, 0) is 51.8 Å². The van der Waals surface area contributed by atoms with Crippen LogP contribution in [0, 0.1) is 6.92 Å². The quantitative estimate of drug-likeness (QED) is 0.308. The van der Waals surface area contributed by atoms with Crippen molar-refractivity contribution in [2.24, 2.45) is 0 Å². The standard InChI is InChI=1S/C17H30O5Si9/c1-7-20-28(21-8-2)29(31(25,26)27,30(23,24)22-9-3)13-12-15-14(4)16(18-5)10-11-17(15)19-6/h10-11H,7-9,12-13H2,1-6H3. The summed E-state index contributed by atoms with van der Waals surface area (Å²) in [6.45, 7) is 4.81. The zero-order valence-electron chi connectivity index (χ0n) is 19.2. The highest BCUT2D eigenvalue weighted by molar-refractivity contribution is 8.11. The molecule has 31 heavy (non-hydrogen) atoms. The normalized spacial score (nSPS) is 14.6. The van der Waals surface area contributed by atoms with Crippen molar-refractivity contribution in [1.82, 2.24) is 0 Å². The first-order valence-electron chi connectivity index (χ1n) is 10.2. The minimum atomic E-state index is -2.59. The van der Waals surface area contributed by atoms with Crippen LogP contribution in [0.15, 0.2) is 12.1 Å². The van der Waals surface area contributed by atoms with E-state index in [0.717, 1.165) is 35.1 Å². The molecule has 0 bridgehead atoms. The lowest BCUT2D eigenvalue weighted by molar-refractivity contribution is 0.229. The Bertz CT molecular complexity index is 695. The Morgan fingerprint density at radius 3 is 1.77 bits per heavy atom. The molecule has 0 aliphatic rings. The Morgan fingerprint density at radius 1 is 0.839 bits per heavy atom. The van der Waals surface area contributed by atoms with Crippen molar-refractivity contribution >= 4 is 77.2 Å². The minimum absolute atomic E-state index is 0.592. The van der Waals surface area contributed by atoms with Crippen LogP contribution in [0.4, 0.5) is 0 Å². The van der Waals surface area contributed by atoms with Crippen LogP contribution in [-0.2, 0) is 19.7 Å². The average molecular weight is 567 g/mol. The molecule has 0 fully saturated rings. The number of hydrogen-bond acceptors (Lipinski definition) is 5. The number of benzene rings is 1. The molecular weight excluding hydrogens is 537 g/mol. The van der Waals surface area contributed by atoms with Gasteiger partial charge in [0.25, 0.3) is 0 Å². The van der Waals surface area contributed by atoms with Gasteiger partial charge in [0.05, 0.1) is 14.2 Å². The maximum absolute atomic E-state index is 6.39. The van der Waals surface area contributed by atoms with E-state index in [1.807, 2.05) is 32.9 Å². The van der Waals surface area contributed by atoms with E-state index in [9.17, 15) is 0 Å². The fourth-order valence-electron chi connectivity index (χ4n) is 3.66. The lowest BCUT2D eigenvalue weighted by Crippen LogP contribution is -2.89. The number of hydrogen-bond donors (Lipinski definition) is 0. The summed E-state index contributed by atoms with van der Waals surface area (Å²) in [6, 6.07) is 4.78. The fraction of sp³-hybridized carbons (Fsp3) is 0.647. The maximum atomic E-state index is 6.39. The smallest absolute Gasteiger partial charge is 0.354 e. The van der Waals surface area contributed by atoms with Crippen LogP contribution in [0.5, 0.6) is 11.5 Å². The van der Waals surface area contributed by atoms with E-state index in [-0.39, 0.29) is 0 Å². The third-order valence-corrected chi connectivity index (χ3v) is 83.6. The Balaban J connectivity index is 3.65. The highest BCUT2D eigenvalue weighted by Gasteiger charge is 2.65. The molecule has 1 aromatic carbocycles. The Morgan fingerprint density at radius 2 is 1.35 bits per heavy atom. The van der Waals surface area contributed by atoms with E-state index in [0.29, 0.717) is 19.8 Å². The predicted molar refractivity (Wildman–Crippen MR) is 139 cm³/mol. The molecule has 1 unspecified atom stereocenters. The van der Waals surface area contributed by atoms with Gasteiger partial charge in [-0.1, -0.05) is 6.04 Å². The molecule has 164 valence electrons. The number of methoxy groups -OCH3 is 2. The number of ether oxygens (including phenoxy) is 2. The molecule has 0 aliphatic carbocycles. The molecule has 0 aromatic heterocycles. The zero-order valence-corrected chi connectivity index (χ0v) is 28.2. The molecular formula is C17H30O5Si9. The van der Waals surface area contributed by atoms with Gasteiger partial charge in [0.15, 0.2) is 0 Å². The monoisotopic (exact) mass is 566 g/mol. The molecule has 0 aliphatic heterocycles. The maximum Gasteiger partial charge on any atom is 0.354 e. The Labute approximate surface area is 208 Å². The van der Waals surface area contributed by atoms with Crippen LogP contribution in [0.3, 0.4) is 0 Å². The van der Waals surface area contributed by atoms with Gasteiger partial charge in [-0.2, -0.15) is 0 Å². The van der Waals surface area contributed by atoms with Crippen LogP contribution in [0.1, 0.15) is 31.9 Å². The van der Waals surface area contributed by atoms with Crippen molar-refractivity contribution in [1.29, 1.82) is 0 Å². The summed E-state index contributed by atoms with van der Waals surface area (Å²) in [5.41, 5.74) is 2.22. The second-order valence-electron chi connectivity index (χ2n) is 7.00. The molecule has 14 heteroatoms. The van der Waals surface area contributed by atoms with E-state index in [2.05, 4.69) is 55.7 Å². The molecule has 1 atom stereocenters. The van der Waals surface area contributed by atoms with E-state index >= 15 is 0 Å². The molecule has 0 saturated heterocycles. The van der Waals surface area contributed by atoms with Crippen LogP contribution in [-0.4, -0.2) is 111 Å². The molecule has 5 nitrogen and oxygen atoms in total. The molecule has 0 heterocycles. The summed E-state index contributed by atoms with van der Waals surface area (Å²) in [7, 11) is 22.2. The largest absolute Gasteiger partial charge is 0.496 e. The average Bonchev–Trinajstić information content (AvgIpc) is 2.68. The van der Waals surface area contributed by atoms with Gasteiger partial charge in [0, 0.05) is 80.3 Å². The van der Waals surface area contributed by atoms with Crippen LogP contribution < -0.4 is 9.47 Å². The Hall–Kier alpha value is 0.652. The first-order valence-corrected chi connectivity index (χ1v) is 28.1. The van der Waals surface area contributed by atoms with Gasteiger partial charge in [0.2, 0.25) is 0 Å². The Kier molecular flexibility index (Phi) is 12.4. The van der Waals surface area contributed by atoms with Crippen LogP contribution >= 0.6 is 0 Å². The summed E-state index contributed by atoms with van der Waals surface area (Å²) in [5, 5.41) is 0. The van der Waals surface area contributed by atoms with Crippen molar-refractivity contribution in [3.05, 3.63) is 23.3 Å². The fourth-order valence-corrected chi connectivity index (χ4v) is 97.8. The SMILES string of the molecule is CCO[Si](OCC)[Si](CCc1c(OC)ccc(OC)c1C)([Si]([Si])([Si])[Si])[Si]([Si])([Si])OCC.